The first kappa shape index (κ1) is 21.8. The minimum atomic E-state index is -0.335. The molecule has 1 aliphatic carbocycles. The number of Topliss-reactive ketones (excluding diaryl/α,β-unsaturated/α-hetero) is 1. The number of aromatic amines is 1. The largest absolute Gasteiger partial charge is 0.289 e. The average molecular weight is 406 g/mol. The highest BCUT2D eigenvalue weighted by atomic mass is 16.1. The highest BCUT2D eigenvalue weighted by Gasteiger charge is 2.34. The molecule has 3 rings (SSSR count). The molecule has 2 aromatic heterocycles. The summed E-state index contributed by atoms with van der Waals surface area (Å²) in [6.45, 7) is 14.2. The topological polar surface area (TPSA) is 67.8 Å². The molecule has 0 radical (unpaired) electrons. The van der Waals surface area contributed by atoms with Gasteiger partial charge >= 0.3 is 0 Å². The van der Waals surface area contributed by atoms with Gasteiger partial charge in [-0.1, -0.05) is 60.6 Å². The molecule has 0 fully saturated rings. The Morgan fingerprint density at radius 3 is 2.07 bits per heavy atom. The molecule has 0 aromatic carbocycles. The molecule has 0 saturated heterocycles. The van der Waals surface area contributed by atoms with Crippen LogP contribution < -0.4 is 16.1 Å². The lowest BCUT2D eigenvalue weighted by molar-refractivity contribution is -0.114. The lowest BCUT2D eigenvalue weighted by atomic mass is 9.72. The van der Waals surface area contributed by atoms with Gasteiger partial charge in [-0.05, 0) is 47.1 Å². The second kappa shape index (κ2) is 7.71. The van der Waals surface area contributed by atoms with Crippen LogP contribution in [0.1, 0.15) is 54.9 Å². The number of hydrogen-bond donors (Lipinski definition) is 1. The van der Waals surface area contributed by atoms with Crippen molar-refractivity contribution in [2.75, 3.05) is 0 Å². The Morgan fingerprint density at radius 2 is 1.60 bits per heavy atom. The van der Waals surface area contributed by atoms with Crippen LogP contribution in [0.2, 0.25) is 0 Å². The first-order chi connectivity index (χ1) is 13.9. The summed E-state index contributed by atoms with van der Waals surface area (Å²) in [6, 6.07) is 5.45. The van der Waals surface area contributed by atoms with Gasteiger partial charge in [0, 0.05) is 17.3 Å². The van der Waals surface area contributed by atoms with Crippen molar-refractivity contribution in [2.24, 2.45) is 10.8 Å². The number of ketones is 1. The second-order valence-electron chi connectivity index (χ2n) is 9.74. The summed E-state index contributed by atoms with van der Waals surface area (Å²) in [7, 11) is 0. The lowest BCUT2D eigenvalue weighted by Crippen LogP contribution is -2.38. The fourth-order valence-electron chi connectivity index (χ4n) is 3.62. The molecule has 158 valence electrons. The van der Waals surface area contributed by atoms with Crippen LogP contribution in [0.4, 0.5) is 0 Å². The van der Waals surface area contributed by atoms with Crippen molar-refractivity contribution < 1.29 is 4.79 Å². The van der Waals surface area contributed by atoms with Gasteiger partial charge in [-0.15, -0.1) is 0 Å². The maximum atomic E-state index is 13.5. The van der Waals surface area contributed by atoms with Gasteiger partial charge in [0.1, 0.15) is 0 Å². The molecule has 0 spiro atoms. The number of pyridine rings is 1. The number of nitrogens with zero attached hydrogens (tertiary/aromatic N) is 2. The Kier molecular flexibility index (Phi) is 5.59. The third-order valence-electron chi connectivity index (χ3n) is 5.20. The zero-order valence-corrected chi connectivity index (χ0v) is 19.0. The molecular weight excluding hydrogens is 374 g/mol. The number of nitrogens with one attached hydrogen (secondary N) is 1. The second-order valence-corrected chi connectivity index (χ2v) is 9.74. The summed E-state index contributed by atoms with van der Waals surface area (Å²) >= 11 is 0. The molecule has 1 aliphatic rings. The SMILES string of the molecule is CCC=c1[nH]n(-c2ccccn2)c(=O)c1=C1C=C(C(C)(C)C)C(=O)C(C(C)(C)C)=C1. The number of rotatable bonds is 2. The van der Waals surface area contributed by atoms with Crippen molar-refractivity contribution >= 4 is 17.4 Å². The van der Waals surface area contributed by atoms with Crippen LogP contribution in [0.15, 0.2) is 52.5 Å². The van der Waals surface area contributed by atoms with Crippen molar-refractivity contribution in [3.8, 4) is 5.82 Å². The van der Waals surface area contributed by atoms with E-state index in [9.17, 15) is 9.59 Å². The molecule has 0 atom stereocenters. The van der Waals surface area contributed by atoms with Crippen molar-refractivity contribution in [2.45, 2.75) is 54.9 Å². The summed E-state index contributed by atoms with van der Waals surface area (Å²) in [4.78, 5) is 31.0. The molecule has 5 heteroatoms. The predicted molar refractivity (Wildman–Crippen MR) is 122 cm³/mol. The van der Waals surface area contributed by atoms with Gasteiger partial charge in [0.15, 0.2) is 11.6 Å². The molecule has 0 saturated carbocycles. The maximum Gasteiger partial charge on any atom is 0.281 e. The van der Waals surface area contributed by atoms with Crippen molar-refractivity contribution in [3.63, 3.8) is 0 Å². The smallest absolute Gasteiger partial charge is 0.281 e. The Balaban J connectivity index is 2.47. The van der Waals surface area contributed by atoms with Crippen LogP contribution in [-0.4, -0.2) is 20.5 Å². The molecule has 2 heterocycles. The minimum Gasteiger partial charge on any atom is -0.289 e. The fourth-order valence-corrected chi connectivity index (χ4v) is 3.62. The Labute approximate surface area is 177 Å². The number of hydrogen-bond acceptors (Lipinski definition) is 3. The van der Waals surface area contributed by atoms with Gasteiger partial charge in [-0.25, -0.2) is 9.67 Å². The van der Waals surface area contributed by atoms with Gasteiger partial charge in [0.25, 0.3) is 5.56 Å². The number of carbonyl (C=O) groups excluding carboxylic acids is 1. The monoisotopic (exact) mass is 405 g/mol. The zero-order valence-electron chi connectivity index (χ0n) is 19.0. The third-order valence-corrected chi connectivity index (χ3v) is 5.20. The molecule has 0 unspecified atom stereocenters. The summed E-state index contributed by atoms with van der Waals surface area (Å²) in [5.41, 5.74) is 1.36. The third kappa shape index (κ3) is 4.02. The van der Waals surface area contributed by atoms with E-state index in [0.717, 1.165) is 28.5 Å². The zero-order chi connectivity index (χ0) is 22.3. The number of carbonyl (C=O) groups is 1. The fraction of sp³-hybridized carbons (Fsp3) is 0.400. The number of H-pyrrole nitrogens is 1. The van der Waals surface area contributed by atoms with E-state index in [4.69, 9.17) is 0 Å². The highest BCUT2D eigenvalue weighted by Crippen LogP contribution is 2.38. The predicted octanol–water partition coefficient (Wildman–Crippen LogP) is 3.43. The van der Waals surface area contributed by atoms with Gasteiger partial charge in [0.05, 0.1) is 10.6 Å². The Hall–Kier alpha value is -2.95. The standard InChI is InChI=1S/C25H31N3O2/c1-8-11-19-21(23(30)28(27-19)20-12-9-10-13-26-20)16-14-17(24(2,3)4)22(29)18(15-16)25(5,6)7/h9-15,27H,8H2,1-7H3. The quantitative estimate of drug-likeness (QED) is 0.832. The van der Waals surface area contributed by atoms with Crippen LogP contribution in [0, 0.1) is 10.8 Å². The Morgan fingerprint density at radius 1 is 1.00 bits per heavy atom. The molecule has 2 aromatic rings. The van der Waals surface area contributed by atoms with E-state index in [1.54, 1.807) is 12.3 Å². The van der Waals surface area contributed by atoms with Crippen molar-refractivity contribution in [1.29, 1.82) is 0 Å². The van der Waals surface area contributed by atoms with Gasteiger partial charge in [-0.3, -0.25) is 14.7 Å². The van der Waals surface area contributed by atoms with Crippen LogP contribution in [-0.2, 0) is 4.79 Å². The summed E-state index contributed by atoms with van der Waals surface area (Å²) in [6.07, 6.45) is 8.20. The first-order valence-corrected chi connectivity index (χ1v) is 10.4. The van der Waals surface area contributed by atoms with Crippen molar-refractivity contribution in [1.82, 2.24) is 14.8 Å². The molecule has 0 aliphatic heterocycles. The first-order valence-electron chi connectivity index (χ1n) is 10.4. The molecule has 1 N–H and O–H groups in total. The Bertz CT molecular complexity index is 1170. The number of aromatic nitrogens is 3. The molecule has 5 nitrogen and oxygen atoms in total. The minimum absolute atomic E-state index is 0.0559. The van der Waals surface area contributed by atoms with Gasteiger partial charge < -0.3 is 0 Å². The summed E-state index contributed by atoms with van der Waals surface area (Å²) < 4.78 is 1.47. The van der Waals surface area contributed by atoms with Crippen LogP contribution in [0.3, 0.4) is 0 Å². The molecule has 0 bridgehead atoms. The van der Waals surface area contributed by atoms with Gasteiger partial charge in [0.2, 0.25) is 0 Å². The summed E-state index contributed by atoms with van der Waals surface area (Å²) in [5.74, 6) is 0.590. The van der Waals surface area contributed by atoms with Crippen molar-refractivity contribution in [3.05, 3.63) is 68.6 Å². The number of allylic oxidation sites excluding steroid dienone is 4. The molecule has 0 amide bonds. The van der Waals surface area contributed by atoms with Crippen LogP contribution >= 0.6 is 0 Å². The van der Waals surface area contributed by atoms with E-state index in [-0.39, 0.29) is 22.2 Å². The lowest BCUT2D eigenvalue weighted by Gasteiger charge is -2.31. The molecular formula is C25H31N3O2. The highest BCUT2D eigenvalue weighted by molar-refractivity contribution is 6.14. The van der Waals surface area contributed by atoms with E-state index >= 15 is 0 Å². The van der Waals surface area contributed by atoms with Crippen LogP contribution in [0.25, 0.3) is 17.5 Å². The average Bonchev–Trinajstić information content (AvgIpc) is 2.97. The van der Waals surface area contributed by atoms with E-state index in [2.05, 4.69) is 10.1 Å². The van der Waals surface area contributed by atoms with E-state index in [1.807, 2.05) is 78.8 Å². The molecule has 30 heavy (non-hydrogen) atoms. The summed E-state index contributed by atoms with van der Waals surface area (Å²) in [5, 5.41) is 4.51. The maximum absolute atomic E-state index is 13.5. The van der Waals surface area contributed by atoms with E-state index in [0.29, 0.717) is 11.0 Å². The van der Waals surface area contributed by atoms with E-state index < -0.39 is 0 Å². The normalized spacial score (nSPS) is 16.0. The van der Waals surface area contributed by atoms with E-state index in [1.165, 1.54) is 4.68 Å². The van der Waals surface area contributed by atoms with Crippen LogP contribution in [0.5, 0.6) is 0 Å². The van der Waals surface area contributed by atoms with Gasteiger partial charge in [-0.2, -0.15) is 0 Å².